The molecule has 1 saturated heterocycles. The molecule has 1 heterocycles. The van der Waals surface area contributed by atoms with Crippen molar-refractivity contribution in [2.45, 2.75) is 25.3 Å². The highest BCUT2D eigenvalue weighted by molar-refractivity contribution is 5.86. The van der Waals surface area contributed by atoms with E-state index < -0.39 is 0 Å². The summed E-state index contributed by atoms with van der Waals surface area (Å²) >= 11 is 0. The molecule has 0 unspecified atom stereocenters. The molecular weight excluding hydrogens is 126 g/mol. The van der Waals surface area contributed by atoms with Gasteiger partial charge in [-0.1, -0.05) is 5.92 Å². The second kappa shape index (κ2) is 3.38. The topological polar surface area (TPSA) is 29.1 Å². The Morgan fingerprint density at radius 2 is 2.60 bits per heavy atom. The summed E-state index contributed by atoms with van der Waals surface area (Å²) in [5, 5.41) is 3.10. The predicted molar refractivity (Wildman–Crippen MR) is 39.5 cm³/mol. The number of terminal acetylenes is 1. The van der Waals surface area contributed by atoms with Crippen molar-refractivity contribution in [1.82, 2.24) is 5.32 Å². The largest absolute Gasteiger partial charge is 0.307 e. The van der Waals surface area contributed by atoms with Gasteiger partial charge in [0.1, 0.15) is 0 Å². The Morgan fingerprint density at radius 3 is 3.10 bits per heavy atom. The first kappa shape index (κ1) is 7.30. The monoisotopic (exact) mass is 137 g/mol. The number of carbonyl (C=O) groups excluding carboxylic acids is 1. The summed E-state index contributed by atoms with van der Waals surface area (Å²) in [6.07, 6.45) is 7.33. The number of hydrogen-bond donors (Lipinski definition) is 1. The third-order valence-electron chi connectivity index (χ3n) is 1.73. The first-order valence-electron chi connectivity index (χ1n) is 3.54. The Labute approximate surface area is 61.0 Å². The van der Waals surface area contributed by atoms with Crippen molar-refractivity contribution in [2.24, 2.45) is 0 Å². The van der Waals surface area contributed by atoms with Crippen LogP contribution in [0.2, 0.25) is 0 Å². The fourth-order valence-electron chi connectivity index (χ4n) is 1.18. The minimum Gasteiger partial charge on any atom is -0.307 e. The zero-order chi connectivity index (χ0) is 7.40. The van der Waals surface area contributed by atoms with E-state index in [0.29, 0.717) is 0 Å². The molecule has 54 valence electrons. The van der Waals surface area contributed by atoms with E-state index in [1.54, 1.807) is 0 Å². The molecular formula is C8H11NO. The highest BCUT2D eigenvalue weighted by atomic mass is 16.1. The molecule has 0 aromatic carbocycles. The quantitative estimate of drug-likeness (QED) is 0.556. The average molecular weight is 137 g/mol. The summed E-state index contributed by atoms with van der Waals surface area (Å²) in [5.74, 6) is 2.52. The molecule has 1 rings (SSSR count). The minimum absolute atomic E-state index is 0.0519. The fraction of sp³-hybridized carbons (Fsp3) is 0.625. The Kier molecular flexibility index (Phi) is 2.47. The molecule has 0 aliphatic carbocycles. The van der Waals surface area contributed by atoms with Crippen molar-refractivity contribution >= 4 is 5.78 Å². The molecule has 1 aliphatic heterocycles. The van der Waals surface area contributed by atoms with Gasteiger partial charge in [-0.15, -0.1) is 6.42 Å². The molecule has 2 nitrogen and oxygen atoms in total. The maximum atomic E-state index is 11.0. The van der Waals surface area contributed by atoms with Gasteiger partial charge >= 0.3 is 0 Å². The molecule has 2 heteroatoms. The van der Waals surface area contributed by atoms with E-state index in [9.17, 15) is 4.79 Å². The van der Waals surface area contributed by atoms with Crippen molar-refractivity contribution < 1.29 is 4.79 Å². The molecule has 1 N–H and O–H groups in total. The van der Waals surface area contributed by atoms with Crippen LogP contribution in [0.15, 0.2) is 0 Å². The van der Waals surface area contributed by atoms with Crippen LogP contribution in [0.4, 0.5) is 0 Å². The van der Waals surface area contributed by atoms with Gasteiger partial charge in [-0.3, -0.25) is 4.79 Å². The van der Waals surface area contributed by atoms with Crippen LogP contribution in [0.3, 0.4) is 0 Å². The van der Waals surface area contributed by atoms with Gasteiger partial charge in [0.25, 0.3) is 0 Å². The second-order valence-corrected chi connectivity index (χ2v) is 2.50. The summed E-state index contributed by atoms with van der Waals surface area (Å²) in [7, 11) is 0. The normalized spacial score (nSPS) is 24.1. The van der Waals surface area contributed by atoms with E-state index in [1.165, 1.54) is 0 Å². The predicted octanol–water partition coefficient (Wildman–Crippen LogP) is 0.331. The molecule has 0 radical (unpaired) electrons. The molecule has 0 amide bonds. The molecule has 1 aliphatic rings. The zero-order valence-electron chi connectivity index (χ0n) is 5.89. The maximum absolute atomic E-state index is 11.0. The van der Waals surface area contributed by atoms with E-state index in [-0.39, 0.29) is 18.2 Å². The van der Waals surface area contributed by atoms with Crippen LogP contribution in [-0.2, 0) is 4.79 Å². The molecule has 0 aromatic heterocycles. The van der Waals surface area contributed by atoms with Crippen LogP contribution in [-0.4, -0.2) is 18.4 Å². The number of Topliss-reactive ketones (excluding diaryl/α,β-unsaturated/α-hetero) is 1. The average Bonchev–Trinajstić information content (AvgIpc) is 2.38. The van der Waals surface area contributed by atoms with Crippen molar-refractivity contribution in [3.05, 3.63) is 0 Å². The summed E-state index contributed by atoms with van der Waals surface area (Å²) in [4.78, 5) is 11.0. The fourth-order valence-corrected chi connectivity index (χ4v) is 1.18. The van der Waals surface area contributed by atoms with Crippen LogP contribution in [0.25, 0.3) is 0 Å². The van der Waals surface area contributed by atoms with Gasteiger partial charge in [0.15, 0.2) is 5.78 Å². The van der Waals surface area contributed by atoms with Gasteiger partial charge in [0.2, 0.25) is 0 Å². The standard InChI is InChI=1S/C8H11NO/c1-2-4-8(10)7-5-3-6-9-7/h1,7,9H,3-6H2/t7-/m1/s1. The van der Waals surface area contributed by atoms with Gasteiger partial charge < -0.3 is 5.32 Å². The van der Waals surface area contributed by atoms with E-state index >= 15 is 0 Å². The minimum atomic E-state index is 0.0519. The van der Waals surface area contributed by atoms with Crippen molar-refractivity contribution in [2.75, 3.05) is 6.54 Å². The SMILES string of the molecule is C#CCC(=O)[C@H]1CCCN1. The van der Waals surface area contributed by atoms with Crippen LogP contribution < -0.4 is 5.32 Å². The Morgan fingerprint density at radius 1 is 1.80 bits per heavy atom. The summed E-state index contributed by atoms with van der Waals surface area (Å²) in [6, 6.07) is 0.0519. The second-order valence-electron chi connectivity index (χ2n) is 2.50. The van der Waals surface area contributed by atoms with Crippen molar-refractivity contribution in [1.29, 1.82) is 0 Å². The number of carbonyl (C=O) groups is 1. The van der Waals surface area contributed by atoms with Gasteiger partial charge in [-0.2, -0.15) is 0 Å². The van der Waals surface area contributed by atoms with E-state index in [0.717, 1.165) is 19.4 Å². The lowest BCUT2D eigenvalue weighted by atomic mass is 10.1. The number of ketones is 1. The van der Waals surface area contributed by atoms with Gasteiger partial charge in [-0.25, -0.2) is 0 Å². The van der Waals surface area contributed by atoms with Crippen LogP contribution in [0.5, 0.6) is 0 Å². The number of nitrogens with one attached hydrogen (secondary N) is 1. The number of rotatable bonds is 2. The first-order valence-corrected chi connectivity index (χ1v) is 3.54. The first-order chi connectivity index (χ1) is 4.84. The van der Waals surface area contributed by atoms with Gasteiger partial charge in [-0.05, 0) is 19.4 Å². The molecule has 0 saturated carbocycles. The Bertz CT molecular complexity index is 163. The Balaban J connectivity index is 2.34. The highest BCUT2D eigenvalue weighted by Gasteiger charge is 2.20. The summed E-state index contributed by atoms with van der Waals surface area (Å²) < 4.78 is 0. The molecule has 0 bridgehead atoms. The molecule has 10 heavy (non-hydrogen) atoms. The van der Waals surface area contributed by atoms with Crippen molar-refractivity contribution in [3.63, 3.8) is 0 Å². The lowest BCUT2D eigenvalue weighted by molar-refractivity contribution is -0.119. The molecule has 1 fully saturated rings. The van der Waals surface area contributed by atoms with E-state index in [2.05, 4.69) is 11.2 Å². The smallest absolute Gasteiger partial charge is 0.161 e. The number of hydrogen-bond acceptors (Lipinski definition) is 2. The Hall–Kier alpha value is -0.810. The van der Waals surface area contributed by atoms with E-state index in [4.69, 9.17) is 6.42 Å². The third kappa shape index (κ3) is 1.58. The maximum Gasteiger partial charge on any atom is 0.161 e. The van der Waals surface area contributed by atoms with Crippen LogP contribution in [0, 0.1) is 12.3 Å². The molecule has 0 spiro atoms. The van der Waals surface area contributed by atoms with Crippen LogP contribution in [0.1, 0.15) is 19.3 Å². The lowest BCUT2D eigenvalue weighted by Crippen LogP contribution is -2.30. The highest BCUT2D eigenvalue weighted by Crippen LogP contribution is 2.06. The van der Waals surface area contributed by atoms with Gasteiger partial charge in [0.05, 0.1) is 12.5 Å². The third-order valence-corrected chi connectivity index (χ3v) is 1.73. The molecule has 0 aromatic rings. The van der Waals surface area contributed by atoms with E-state index in [1.807, 2.05) is 0 Å². The van der Waals surface area contributed by atoms with Gasteiger partial charge in [0, 0.05) is 0 Å². The van der Waals surface area contributed by atoms with Crippen LogP contribution >= 0.6 is 0 Å². The van der Waals surface area contributed by atoms with Crippen molar-refractivity contribution in [3.8, 4) is 12.3 Å². The zero-order valence-corrected chi connectivity index (χ0v) is 5.89. The summed E-state index contributed by atoms with van der Waals surface area (Å²) in [5.41, 5.74) is 0. The lowest BCUT2D eigenvalue weighted by Gasteiger charge is -2.04. The summed E-state index contributed by atoms with van der Waals surface area (Å²) in [6.45, 7) is 0.959. The molecule has 1 atom stereocenters.